The fraction of sp³-hybridized carbons (Fsp3) is 0.700. The number of hydrogen-bond acceptors (Lipinski definition) is 7. The maximum atomic E-state index is 10.6. The number of hydrogen-bond donors (Lipinski definition) is 1. The molecule has 4 atom stereocenters. The summed E-state index contributed by atoms with van der Waals surface area (Å²) >= 11 is 0. The number of aromatic nitrogens is 5. The van der Waals surface area contributed by atoms with Crippen LogP contribution in [0.4, 0.5) is 5.95 Å². The molecule has 2 aromatic heterocycles. The van der Waals surface area contributed by atoms with E-state index in [1.807, 2.05) is 17.1 Å². The lowest BCUT2D eigenvalue weighted by Crippen LogP contribution is -2.36. The van der Waals surface area contributed by atoms with E-state index in [0.29, 0.717) is 11.8 Å². The molecule has 1 aliphatic carbocycles. The van der Waals surface area contributed by atoms with Gasteiger partial charge in [0.05, 0.1) is 12.1 Å². The molecule has 1 N–H and O–H groups in total. The van der Waals surface area contributed by atoms with Gasteiger partial charge >= 0.3 is 0 Å². The van der Waals surface area contributed by atoms with Crippen LogP contribution in [0.5, 0.6) is 0 Å². The number of aliphatic hydroxyl groups is 1. The van der Waals surface area contributed by atoms with Crippen molar-refractivity contribution in [2.45, 2.75) is 50.8 Å². The molecule has 2 saturated heterocycles. The smallest absolute Gasteiger partial charge is 0.225 e. The summed E-state index contributed by atoms with van der Waals surface area (Å²) in [6, 6.07) is 0.0517. The normalized spacial score (nSPS) is 31.1. The highest BCUT2D eigenvalue weighted by atomic mass is 16.3. The van der Waals surface area contributed by atoms with E-state index in [4.69, 9.17) is 0 Å². The number of aliphatic hydroxyl groups excluding tert-OH is 1. The number of fused-ring (bicyclic) bond motifs is 1. The Labute approximate surface area is 165 Å². The Kier molecular flexibility index (Phi) is 4.98. The molecule has 0 aromatic carbocycles. The topological polar surface area (TPSA) is 83.2 Å². The monoisotopic (exact) mass is 383 g/mol. The zero-order chi connectivity index (χ0) is 18.9. The molecule has 8 nitrogen and oxygen atoms in total. The van der Waals surface area contributed by atoms with E-state index in [0.717, 1.165) is 51.5 Å². The van der Waals surface area contributed by atoms with Crippen LogP contribution in [0.2, 0.25) is 0 Å². The number of anilines is 1. The van der Waals surface area contributed by atoms with Gasteiger partial charge in [0.25, 0.3) is 0 Å². The van der Waals surface area contributed by atoms with Crippen LogP contribution in [0.25, 0.3) is 0 Å². The quantitative estimate of drug-likeness (QED) is 0.857. The number of nitrogens with zero attached hydrogens (tertiary/aromatic N) is 7. The summed E-state index contributed by atoms with van der Waals surface area (Å²) in [5.74, 6) is 2.03. The summed E-state index contributed by atoms with van der Waals surface area (Å²) in [5, 5.41) is 14.8. The Balaban J connectivity index is 1.19. The molecule has 8 heteroatoms. The van der Waals surface area contributed by atoms with Gasteiger partial charge in [0.2, 0.25) is 5.95 Å². The van der Waals surface area contributed by atoms with Gasteiger partial charge in [-0.2, -0.15) is 5.10 Å². The highest BCUT2D eigenvalue weighted by Gasteiger charge is 2.42. The minimum atomic E-state index is -0.338. The maximum Gasteiger partial charge on any atom is 0.225 e. The first-order valence-corrected chi connectivity index (χ1v) is 10.6. The van der Waals surface area contributed by atoms with Crippen LogP contribution in [-0.4, -0.2) is 67.0 Å². The molecule has 0 radical (unpaired) electrons. The van der Waals surface area contributed by atoms with Gasteiger partial charge in [-0.1, -0.05) is 0 Å². The van der Waals surface area contributed by atoms with Gasteiger partial charge in [-0.15, -0.1) is 0 Å². The minimum Gasteiger partial charge on any atom is -0.391 e. The third-order valence-corrected chi connectivity index (χ3v) is 6.70. The maximum absolute atomic E-state index is 10.6. The summed E-state index contributed by atoms with van der Waals surface area (Å²) in [6.07, 6.45) is 12.5. The lowest BCUT2D eigenvalue weighted by atomic mass is 9.77. The minimum absolute atomic E-state index is 0.0517. The lowest BCUT2D eigenvalue weighted by Gasteiger charge is -2.35. The Bertz CT molecular complexity index is 759. The van der Waals surface area contributed by atoms with Gasteiger partial charge in [0.15, 0.2) is 0 Å². The van der Waals surface area contributed by atoms with Crippen LogP contribution in [-0.2, 0) is 6.54 Å². The van der Waals surface area contributed by atoms with Crippen molar-refractivity contribution in [1.29, 1.82) is 0 Å². The first-order valence-electron chi connectivity index (χ1n) is 10.6. The molecule has 1 saturated carbocycles. The van der Waals surface area contributed by atoms with Crippen molar-refractivity contribution in [3.8, 4) is 0 Å². The average Bonchev–Trinajstić information content (AvgIpc) is 3.38. The molecule has 5 rings (SSSR count). The van der Waals surface area contributed by atoms with E-state index < -0.39 is 0 Å². The molecule has 4 heterocycles. The highest BCUT2D eigenvalue weighted by molar-refractivity contribution is 5.30. The van der Waals surface area contributed by atoms with Gasteiger partial charge in [0, 0.05) is 50.7 Å². The number of rotatable bonds is 4. The predicted molar refractivity (Wildman–Crippen MR) is 105 cm³/mol. The van der Waals surface area contributed by atoms with E-state index in [1.54, 1.807) is 12.7 Å². The summed E-state index contributed by atoms with van der Waals surface area (Å²) in [6.45, 7) is 5.14. The molecular formula is C20H29N7O. The Morgan fingerprint density at radius 1 is 1.00 bits per heavy atom. The van der Waals surface area contributed by atoms with Crippen LogP contribution < -0.4 is 4.90 Å². The molecular weight excluding hydrogens is 354 g/mol. The summed E-state index contributed by atoms with van der Waals surface area (Å²) in [4.78, 5) is 18.1. The van der Waals surface area contributed by atoms with Crippen molar-refractivity contribution in [2.75, 3.05) is 31.1 Å². The molecule has 0 spiro atoms. The molecule has 28 heavy (non-hydrogen) atoms. The summed E-state index contributed by atoms with van der Waals surface area (Å²) in [7, 11) is 0. The van der Waals surface area contributed by atoms with Crippen molar-refractivity contribution in [3.63, 3.8) is 0 Å². The van der Waals surface area contributed by atoms with E-state index in [9.17, 15) is 5.11 Å². The molecule has 2 aromatic rings. The zero-order valence-corrected chi connectivity index (χ0v) is 16.3. The van der Waals surface area contributed by atoms with Crippen molar-refractivity contribution in [2.24, 2.45) is 11.8 Å². The lowest BCUT2D eigenvalue weighted by molar-refractivity contribution is 0.0304. The van der Waals surface area contributed by atoms with Gasteiger partial charge in [-0.25, -0.2) is 19.6 Å². The Morgan fingerprint density at radius 2 is 1.75 bits per heavy atom. The molecule has 0 bridgehead atoms. The molecule has 3 fully saturated rings. The largest absolute Gasteiger partial charge is 0.391 e. The standard InChI is InChI=1S/C20H29N7O/c28-19-7-17-12-25(11-16(17)6-18(19)27-14-21-13-24-27)10-15-8-22-20(23-9-15)26-4-2-1-3-5-26/h8-9,13-14,16-19,28H,1-7,10-12H2/t16-,17+,18-,19-/m1/s1. The second kappa shape index (κ2) is 7.75. The average molecular weight is 384 g/mol. The first kappa shape index (κ1) is 18.0. The van der Waals surface area contributed by atoms with Gasteiger partial charge in [0.1, 0.15) is 12.7 Å². The third kappa shape index (κ3) is 3.63. The van der Waals surface area contributed by atoms with E-state index in [1.165, 1.54) is 24.8 Å². The van der Waals surface area contributed by atoms with Gasteiger partial charge in [-0.3, -0.25) is 4.90 Å². The first-order chi connectivity index (χ1) is 13.8. The second-order valence-electron chi connectivity index (χ2n) is 8.63. The Morgan fingerprint density at radius 3 is 2.46 bits per heavy atom. The molecule has 0 amide bonds. The second-order valence-corrected chi connectivity index (χ2v) is 8.63. The third-order valence-electron chi connectivity index (χ3n) is 6.70. The summed E-state index contributed by atoms with van der Waals surface area (Å²) < 4.78 is 1.83. The van der Waals surface area contributed by atoms with Crippen LogP contribution >= 0.6 is 0 Å². The van der Waals surface area contributed by atoms with Crippen molar-refractivity contribution in [1.82, 2.24) is 29.6 Å². The summed E-state index contributed by atoms with van der Waals surface area (Å²) in [5.41, 5.74) is 1.17. The van der Waals surface area contributed by atoms with Crippen molar-refractivity contribution in [3.05, 3.63) is 30.6 Å². The van der Waals surface area contributed by atoms with Crippen molar-refractivity contribution < 1.29 is 5.11 Å². The number of piperidine rings is 1. The van der Waals surface area contributed by atoms with Gasteiger partial charge in [-0.05, 0) is 43.9 Å². The van der Waals surface area contributed by atoms with E-state index >= 15 is 0 Å². The van der Waals surface area contributed by atoms with Crippen LogP contribution in [0, 0.1) is 11.8 Å². The fourth-order valence-electron chi connectivity index (χ4n) is 5.25. The van der Waals surface area contributed by atoms with E-state index in [-0.39, 0.29) is 12.1 Å². The SMILES string of the molecule is O[C@@H]1C[C@H]2CN(Cc3cnc(N4CCCCC4)nc3)C[C@H]2C[C@H]1n1cncn1. The van der Waals surface area contributed by atoms with Crippen LogP contribution in [0.15, 0.2) is 25.0 Å². The number of likely N-dealkylation sites (tertiary alicyclic amines) is 1. The zero-order valence-electron chi connectivity index (χ0n) is 16.3. The van der Waals surface area contributed by atoms with Crippen LogP contribution in [0.1, 0.15) is 43.7 Å². The Hall–Kier alpha value is -2.06. The van der Waals surface area contributed by atoms with Crippen LogP contribution in [0.3, 0.4) is 0 Å². The molecule has 150 valence electrons. The molecule has 2 aliphatic heterocycles. The van der Waals surface area contributed by atoms with Gasteiger partial charge < -0.3 is 10.0 Å². The molecule has 3 aliphatic rings. The van der Waals surface area contributed by atoms with Crippen molar-refractivity contribution >= 4 is 5.95 Å². The predicted octanol–water partition coefficient (Wildman–Crippen LogP) is 1.50. The highest BCUT2D eigenvalue weighted by Crippen LogP contribution is 2.41. The molecule has 0 unspecified atom stereocenters. The fourth-order valence-corrected chi connectivity index (χ4v) is 5.25. The van der Waals surface area contributed by atoms with E-state index in [2.05, 4.69) is 29.9 Å².